The monoisotopic (exact) mass is 839 g/mol. The molecule has 60 heavy (non-hydrogen) atoms. The van der Waals surface area contributed by atoms with Crippen molar-refractivity contribution in [2.45, 2.75) is 69.6 Å². The van der Waals surface area contributed by atoms with Gasteiger partial charge in [-0.15, -0.1) is 6.58 Å². The quantitative estimate of drug-likeness (QED) is 0.0575. The molecule has 2 amide bonds. The minimum absolute atomic E-state index is 0.00314. The van der Waals surface area contributed by atoms with Crippen molar-refractivity contribution in [2.75, 3.05) is 79.4 Å². The number of ether oxygens (including phenoxy) is 7. The highest BCUT2D eigenvalue weighted by Crippen LogP contribution is 2.62. The number of allylic oxidation sites excluding steroid dienone is 1. The lowest BCUT2D eigenvalue weighted by Crippen LogP contribution is -2.70. The Bertz CT molecular complexity index is 1800. The van der Waals surface area contributed by atoms with Gasteiger partial charge in [-0.2, -0.15) is 0 Å². The topological polar surface area (TPSA) is 196 Å². The van der Waals surface area contributed by atoms with Gasteiger partial charge < -0.3 is 53.3 Å². The number of methoxy groups -OCH3 is 2. The van der Waals surface area contributed by atoms with Crippen molar-refractivity contribution in [3.05, 3.63) is 66.3 Å². The van der Waals surface area contributed by atoms with Crippen molar-refractivity contribution in [2.24, 2.45) is 22.9 Å². The van der Waals surface area contributed by atoms with E-state index >= 15 is 0 Å². The van der Waals surface area contributed by atoms with Crippen molar-refractivity contribution in [1.29, 1.82) is 0 Å². The Morgan fingerprint density at radius 2 is 1.75 bits per heavy atom. The molecule has 2 aromatic rings. The molecule has 330 valence electrons. The molecule has 3 aliphatic rings. The van der Waals surface area contributed by atoms with Crippen LogP contribution in [0.4, 0.5) is 15.3 Å². The molecule has 0 bridgehead atoms. The Hall–Kier alpha value is -4.87. The van der Waals surface area contributed by atoms with Gasteiger partial charge in [-0.3, -0.25) is 10.2 Å². The molecule has 2 aromatic carbocycles. The van der Waals surface area contributed by atoms with Crippen molar-refractivity contribution in [1.82, 2.24) is 4.90 Å². The molecule has 0 spiro atoms. The van der Waals surface area contributed by atoms with Crippen LogP contribution >= 0.6 is 0 Å². The predicted molar refractivity (Wildman–Crippen MR) is 223 cm³/mol. The van der Waals surface area contributed by atoms with Gasteiger partial charge in [-0.25, -0.2) is 9.59 Å². The second-order valence-electron chi connectivity index (χ2n) is 14.8. The summed E-state index contributed by atoms with van der Waals surface area (Å²) in [6.07, 6.45) is 6.87. The summed E-state index contributed by atoms with van der Waals surface area (Å²) in [6, 6.07) is 9.39. The van der Waals surface area contributed by atoms with Crippen LogP contribution in [0, 0.1) is 17.8 Å². The third-order valence-corrected chi connectivity index (χ3v) is 11.3. The van der Waals surface area contributed by atoms with E-state index in [0.717, 1.165) is 30.4 Å². The molecule has 1 fully saturated rings. The molecule has 16 heteroatoms. The van der Waals surface area contributed by atoms with Crippen LogP contribution in [0.1, 0.15) is 63.4 Å². The van der Waals surface area contributed by atoms with E-state index in [9.17, 15) is 24.9 Å². The van der Waals surface area contributed by atoms with E-state index in [2.05, 4.69) is 23.1 Å². The summed E-state index contributed by atoms with van der Waals surface area (Å²) in [5, 5.41) is 36.5. The maximum absolute atomic E-state index is 14.0. The summed E-state index contributed by atoms with van der Waals surface area (Å²) in [5.41, 5.74) is 2.60. The lowest BCUT2D eigenvalue weighted by molar-refractivity contribution is -0.256. The number of anilines is 1. The maximum atomic E-state index is 14.0. The Morgan fingerprint density at radius 1 is 0.983 bits per heavy atom. The van der Waals surface area contributed by atoms with Crippen LogP contribution < -0.4 is 24.3 Å². The zero-order valence-electron chi connectivity index (χ0n) is 35.1. The van der Waals surface area contributed by atoms with Crippen molar-refractivity contribution >= 4 is 23.6 Å². The van der Waals surface area contributed by atoms with Gasteiger partial charge in [0, 0.05) is 43.7 Å². The van der Waals surface area contributed by atoms with Gasteiger partial charge in [0.2, 0.25) is 5.79 Å². The van der Waals surface area contributed by atoms with Gasteiger partial charge >= 0.3 is 12.2 Å². The first-order valence-corrected chi connectivity index (χ1v) is 20.7. The van der Waals surface area contributed by atoms with E-state index in [-0.39, 0.29) is 82.7 Å². The van der Waals surface area contributed by atoms with Crippen molar-refractivity contribution in [3.8, 4) is 23.0 Å². The van der Waals surface area contributed by atoms with Gasteiger partial charge in [0.25, 0.3) is 0 Å². The van der Waals surface area contributed by atoms with Gasteiger partial charge in [0.05, 0.1) is 64.6 Å². The molecule has 1 aliphatic heterocycles. The minimum atomic E-state index is -1.52. The summed E-state index contributed by atoms with van der Waals surface area (Å²) >= 11 is 0. The lowest BCUT2D eigenvalue weighted by atomic mass is 9.55. The summed E-state index contributed by atoms with van der Waals surface area (Å²) in [4.78, 5) is 34.5. The summed E-state index contributed by atoms with van der Waals surface area (Å²) in [6.45, 7) is 6.05. The van der Waals surface area contributed by atoms with Crippen LogP contribution in [-0.4, -0.2) is 124 Å². The fourth-order valence-electron chi connectivity index (χ4n) is 8.88. The molecular weight excluding hydrogens is 778 g/mol. The number of aliphatic hydroxyl groups is 3. The first-order valence-electron chi connectivity index (χ1n) is 20.7. The second kappa shape index (κ2) is 22.7. The van der Waals surface area contributed by atoms with E-state index in [1.54, 1.807) is 48.2 Å². The number of aliphatic hydroxyl groups excluding tert-OH is 3. The number of benzene rings is 2. The number of fused-ring (bicyclic) bond motifs is 2. The zero-order chi connectivity index (χ0) is 43.1. The standard InChI is InChI=1S/C44H61N3O13/c1-6-22-58-44-39(47(43(52)57-7-2)18-23-56-24-21-50)28-36(46-55-5)33-25-29(12-8-10-19-48)32(13-9-11-20-49)40(41(33)44)34-26-31(15-17-37(34)60-44)59-42(51)45-35-16-14-30(53-3)27-38(35)54-4/h6,14-17,25-27,29,32,39-41,48-50H,1,7-13,18-24,28H2,2-5H3,(H,45,51). The number of amides is 2. The third-order valence-electron chi connectivity index (χ3n) is 11.3. The molecule has 2 aliphatic carbocycles. The van der Waals surface area contributed by atoms with Gasteiger partial charge in [-0.05, 0) is 80.3 Å². The SMILES string of the molecule is C=CCOC12Oc3ccc(OC(=O)Nc4ccc(OC)cc4OC)cc3C3C(CCCCO)C(CCCCO)C=C(C(=NOC)CC1N(CCOCCO)C(=O)OCC)C32. The van der Waals surface area contributed by atoms with E-state index in [4.69, 9.17) is 38.0 Å². The zero-order valence-corrected chi connectivity index (χ0v) is 35.1. The van der Waals surface area contributed by atoms with E-state index in [1.165, 1.54) is 21.3 Å². The Balaban J connectivity index is 1.69. The average Bonchev–Trinajstić information content (AvgIpc) is 3.25. The van der Waals surface area contributed by atoms with Crippen molar-refractivity contribution in [3.63, 3.8) is 0 Å². The van der Waals surface area contributed by atoms with Crippen LogP contribution in [0.3, 0.4) is 0 Å². The Labute approximate surface area is 352 Å². The molecular formula is C44H61N3O13. The van der Waals surface area contributed by atoms with Crippen LogP contribution in [0.25, 0.3) is 0 Å². The number of hydrogen-bond acceptors (Lipinski definition) is 14. The molecule has 5 rings (SSSR count). The molecule has 6 atom stereocenters. The largest absolute Gasteiger partial charge is 0.497 e. The number of nitrogens with one attached hydrogen (secondary N) is 1. The number of oxime groups is 1. The molecule has 1 saturated carbocycles. The molecule has 1 heterocycles. The molecule has 0 radical (unpaired) electrons. The van der Waals surface area contributed by atoms with Crippen LogP contribution in [0.2, 0.25) is 0 Å². The fourth-order valence-corrected chi connectivity index (χ4v) is 8.88. The number of nitrogens with zero attached hydrogens (tertiary/aromatic N) is 2. The second-order valence-corrected chi connectivity index (χ2v) is 14.8. The summed E-state index contributed by atoms with van der Waals surface area (Å²) in [7, 11) is 4.50. The number of unbranched alkanes of at least 4 members (excludes halogenated alkanes) is 2. The first kappa shape index (κ1) is 46.2. The van der Waals surface area contributed by atoms with Gasteiger partial charge in [-0.1, -0.05) is 30.1 Å². The highest BCUT2D eigenvalue weighted by molar-refractivity contribution is 6.03. The average molecular weight is 840 g/mol. The lowest BCUT2D eigenvalue weighted by Gasteiger charge is -2.59. The van der Waals surface area contributed by atoms with Gasteiger partial charge in [0.15, 0.2) is 0 Å². The van der Waals surface area contributed by atoms with Gasteiger partial charge in [0.1, 0.15) is 36.1 Å². The smallest absolute Gasteiger partial charge is 0.417 e. The number of carbonyl (C=O) groups excluding carboxylic acids is 2. The molecule has 6 unspecified atom stereocenters. The first-order chi connectivity index (χ1) is 29.2. The number of rotatable bonds is 23. The van der Waals surface area contributed by atoms with Crippen LogP contribution in [-0.2, 0) is 19.0 Å². The summed E-state index contributed by atoms with van der Waals surface area (Å²) < 4.78 is 42.1. The van der Waals surface area contributed by atoms with E-state index < -0.39 is 29.9 Å². The third kappa shape index (κ3) is 10.5. The van der Waals surface area contributed by atoms with E-state index in [0.29, 0.717) is 47.9 Å². The highest BCUT2D eigenvalue weighted by atomic mass is 16.7. The molecule has 16 nitrogen and oxygen atoms in total. The van der Waals surface area contributed by atoms with E-state index in [1.807, 2.05) is 6.07 Å². The van der Waals surface area contributed by atoms with Crippen LogP contribution in [0.5, 0.6) is 23.0 Å². The Morgan fingerprint density at radius 3 is 2.43 bits per heavy atom. The fraction of sp³-hybridized carbons (Fsp3) is 0.568. The molecule has 0 saturated heterocycles. The normalized spacial score (nSPS) is 23.3. The minimum Gasteiger partial charge on any atom is -0.497 e. The van der Waals surface area contributed by atoms with Crippen molar-refractivity contribution < 1.29 is 62.9 Å². The molecule has 4 N–H and O–H groups in total. The number of hydrogen-bond donors (Lipinski definition) is 4. The number of carbonyl (C=O) groups is 2. The highest BCUT2D eigenvalue weighted by Gasteiger charge is 2.65. The molecule has 0 aromatic heterocycles. The predicted octanol–water partition coefficient (Wildman–Crippen LogP) is 6.05. The Kier molecular flexibility index (Phi) is 17.4. The maximum Gasteiger partial charge on any atom is 0.417 e. The summed E-state index contributed by atoms with van der Waals surface area (Å²) in [5.74, 6) is -0.850. The van der Waals surface area contributed by atoms with Crippen LogP contribution in [0.15, 0.2) is 65.9 Å².